The minimum absolute atomic E-state index is 0.0573. The van der Waals surface area contributed by atoms with Crippen molar-refractivity contribution in [3.05, 3.63) is 53.4 Å². The van der Waals surface area contributed by atoms with Gasteiger partial charge in [-0.2, -0.15) is 0 Å². The molecule has 2 N–H and O–H groups in total. The standard InChI is InChI=1S/C24H25N3O7/c28-23(29)12-16(15-2-4-19-21(11-15)33-14-32-19)10-18-13-22(27-34-18)31-9-6-17-3-5-20-24(26-17)25-7-1-8-30-20/h2-5,11,13,16H,1,6-10,12,14H2,(H,25,26)(H,28,29). The van der Waals surface area contributed by atoms with Gasteiger partial charge in [-0.25, -0.2) is 4.98 Å². The molecule has 2 aliphatic heterocycles. The van der Waals surface area contributed by atoms with Gasteiger partial charge in [0.1, 0.15) is 5.76 Å². The van der Waals surface area contributed by atoms with E-state index in [2.05, 4.69) is 15.5 Å². The van der Waals surface area contributed by atoms with E-state index in [1.165, 1.54) is 0 Å². The lowest BCUT2D eigenvalue weighted by molar-refractivity contribution is -0.137. The number of carboxylic acids is 1. The number of ether oxygens (including phenoxy) is 4. The topological polar surface area (TPSA) is 125 Å². The Morgan fingerprint density at radius 1 is 1.12 bits per heavy atom. The molecule has 0 amide bonds. The summed E-state index contributed by atoms with van der Waals surface area (Å²) in [5.41, 5.74) is 1.71. The van der Waals surface area contributed by atoms with E-state index in [0.717, 1.165) is 35.8 Å². The molecule has 178 valence electrons. The van der Waals surface area contributed by atoms with Gasteiger partial charge in [-0.15, -0.1) is 0 Å². The molecule has 1 unspecified atom stereocenters. The molecule has 0 aliphatic carbocycles. The number of hydrogen-bond donors (Lipinski definition) is 2. The molecule has 0 radical (unpaired) electrons. The van der Waals surface area contributed by atoms with Gasteiger partial charge in [-0.3, -0.25) is 4.79 Å². The molecule has 0 spiro atoms. The zero-order valence-electron chi connectivity index (χ0n) is 18.5. The van der Waals surface area contributed by atoms with Crippen molar-refractivity contribution in [2.75, 3.05) is 31.9 Å². The van der Waals surface area contributed by atoms with Crippen molar-refractivity contribution in [2.45, 2.75) is 31.6 Å². The smallest absolute Gasteiger partial charge is 0.303 e. The first-order valence-corrected chi connectivity index (χ1v) is 11.2. The second kappa shape index (κ2) is 9.90. The van der Waals surface area contributed by atoms with Crippen molar-refractivity contribution in [2.24, 2.45) is 0 Å². The lowest BCUT2D eigenvalue weighted by Crippen LogP contribution is -2.09. The van der Waals surface area contributed by atoms with Gasteiger partial charge in [0, 0.05) is 37.1 Å². The highest BCUT2D eigenvalue weighted by Crippen LogP contribution is 2.36. The highest BCUT2D eigenvalue weighted by molar-refractivity contribution is 5.68. The number of nitrogens with one attached hydrogen (secondary N) is 1. The third kappa shape index (κ3) is 5.16. The molecule has 3 aromatic rings. The Bertz CT molecular complexity index is 1160. The Labute approximate surface area is 195 Å². The van der Waals surface area contributed by atoms with Gasteiger partial charge in [-0.1, -0.05) is 6.07 Å². The van der Waals surface area contributed by atoms with Crippen LogP contribution >= 0.6 is 0 Å². The van der Waals surface area contributed by atoms with E-state index in [4.69, 9.17) is 23.5 Å². The molecule has 2 aromatic heterocycles. The van der Waals surface area contributed by atoms with E-state index < -0.39 is 5.97 Å². The number of rotatable bonds is 9. The minimum Gasteiger partial charge on any atom is -0.490 e. The van der Waals surface area contributed by atoms with Gasteiger partial charge >= 0.3 is 5.97 Å². The first kappa shape index (κ1) is 21.9. The third-order valence-corrected chi connectivity index (χ3v) is 5.67. The number of fused-ring (bicyclic) bond motifs is 2. The van der Waals surface area contributed by atoms with Crippen molar-refractivity contribution >= 4 is 11.8 Å². The van der Waals surface area contributed by atoms with E-state index in [-0.39, 0.29) is 19.1 Å². The van der Waals surface area contributed by atoms with Crippen LogP contribution < -0.4 is 24.3 Å². The van der Waals surface area contributed by atoms with Crippen LogP contribution in [0, 0.1) is 0 Å². The molecule has 0 saturated heterocycles. The van der Waals surface area contributed by atoms with Crippen LogP contribution in [-0.4, -0.2) is 47.8 Å². The lowest BCUT2D eigenvalue weighted by atomic mass is 9.91. The Morgan fingerprint density at radius 3 is 2.91 bits per heavy atom. The summed E-state index contributed by atoms with van der Waals surface area (Å²) in [5, 5.41) is 16.6. The van der Waals surface area contributed by atoms with Gasteiger partial charge in [-0.05, 0) is 41.4 Å². The molecule has 0 fully saturated rings. The Morgan fingerprint density at radius 2 is 2.00 bits per heavy atom. The summed E-state index contributed by atoms with van der Waals surface area (Å²) in [6.07, 6.45) is 1.83. The van der Waals surface area contributed by atoms with Crippen LogP contribution in [-0.2, 0) is 17.6 Å². The second-order valence-corrected chi connectivity index (χ2v) is 8.12. The summed E-state index contributed by atoms with van der Waals surface area (Å²) in [6, 6.07) is 11.0. The largest absolute Gasteiger partial charge is 0.490 e. The monoisotopic (exact) mass is 467 g/mol. The van der Waals surface area contributed by atoms with E-state index in [1.54, 1.807) is 12.1 Å². The van der Waals surface area contributed by atoms with Crippen molar-refractivity contribution in [1.82, 2.24) is 10.1 Å². The number of hydrogen-bond acceptors (Lipinski definition) is 9. The molecule has 2 aliphatic rings. The van der Waals surface area contributed by atoms with Crippen molar-refractivity contribution in [3.8, 4) is 23.1 Å². The number of aromatic nitrogens is 2. The highest BCUT2D eigenvalue weighted by Gasteiger charge is 2.22. The summed E-state index contributed by atoms with van der Waals surface area (Å²) in [7, 11) is 0. The van der Waals surface area contributed by atoms with Crippen LogP contribution in [0.2, 0.25) is 0 Å². The maximum atomic E-state index is 11.5. The van der Waals surface area contributed by atoms with Crippen LogP contribution in [0.5, 0.6) is 23.1 Å². The van der Waals surface area contributed by atoms with Crippen LogP contribution in [0.4, 0.5) is 5.82 Å². The molecule has 0 bridgehead atoms. The predicted molar refractivity (Wildman–Crippen MR) is 120 cm³/mol. The SMILES string of the molecule is O=C(O)CC(Cc1cc(OCCc2ccc3c(n2)NCCCO3)no1)c1ccc2c(c1)OCO2. The number of aliphatic carboxylic acids is 1. The van der Waals surface area contributed by atoms with E-state index in [1.807, 2.05) is 24.3 Å². The number of carbonyl (C=O) groups is 1. The number of nitrogens with zero attached hydrogens (tertiary/aromatic N) is 2. The molecule has 10 nitrogen and oxygen atoms in total. The van der Waals surface area contributed by atoms with E-state index in [0.29, 0.717) is 49.2 Å². The minimum atomic E-state index is -0.896. The van der Waals surface area contributed by atoms with Gasteiger partial charge in [0.25, 0.3) is 5.88 Å². The fourth-order valence-corrected chi connectivity index (χ4v) is 3.98. The summed E-state index contributed by atoms with van der Waals surface area (Å²) in [6.45, 7) is 2.05. The molecular formula is C24H25N3O7. The molecule has 10 heteroatoms. The first-order chi connectivity index (χ1) is 16.6. The normalized spacial score (nSPS) is 14.9. The summed E-state index contributed by atoms with van der Waals surface area (Å²) in [5.74, 6) is 2.48. The van der Waals surface area contributed by atoms with Crippen molar-refractivity contribution < 1.29 is 33.4 Å². The zero-order valence-corrected chi connectivity index (χ0v) is 18.5. The van der Waals surface area contributed by atoms with Gasteiger partial charge in [0.2, 0.25) is 6.79 Å². The number of benzene rings is 1. The van der Waals surface area contributed by atoms with Gasteiger partial charge < -0.3 is 33.9 Å². The van der Waals surface area contributed by atoms with Crippen LogP contribution in [0.3, 0.4) is 0 Å². The molecular weight excluding hydrogens is 442 g/mol. The molecule has 5 rings (SSSR count). The fourth-order valence-electron chi connectivity index (χ4n) is 3.98. The Kier molecular flexibility index (Phi) is 6.37. The summed E-state index contributed by atoms with van der Waals surface area (Å²) >= 11 is 0. The second-order valence-electron chi connectivity index (χ2n) is 8.12. The highest BCUT2D eigenvalue weighted by atomic mass is 16.7. The lowest BCUT2D eigenvalue weighted by Gasteiger charge is -2.14. The van der Waals surface area contributed by atoms with Crippen LogP contribution in [0.25, 0.3) is 0 Å². The van der Waals surface area contributed by atoms with Crippen molar-refractivity contribution in [3.63, 3.8) is 0 Å². The van der Waals surface area contributed by atoms with E-state index in [9.17, 15) is 9.90 Å². The molecule has 1 atom stereocenters. The Balaban J connectivity index is 1.19. The summed E-state index contributed by atoms with van der Waals surface area (Å²) < 4.78 is 27.6. The molecule has 34 heavy (non-hydrogen) atoms. The zero-order chi connectivity index (χ0) is 23.3. The van der Waals surface area contributed by atoms with Crippen LogP contribution in [0.1, 0.15) is 35.8 Å². The average Bonchev–Trinajstić information content (AvgIpc) is 3.41. The van der Waals surface area contributed by atoms with E-state index >= 15 is 0 Å². The Hall–Kier alpha value is -3.95. The number of pyridine rings is 1. The predicted octanol–water partition coefficient (Wildman–Crippen LogP) is 3.42. The molecule has 0 saturated carbocycles. The van der Waals surface area contributed by atoms with Crippen molar-refractivity contribution in [1.29, 1.82) is 0 Å². The third-order valence-electron chi connectivity index (χ3n) is 5.67. The van der Waals surface area contributed by atoms with Gasteiger partial charge in [0.15, 0.2) is 23.1 Å². The summed E-state index contributed by atoms with van der Waals surface area (Å²) in [4.78, 5) is 16.1. The van der Waals surface area contributed by atoms with Gasteiger partial charge in [0.05, 0.1) is 19.6 Å². The quantitative estimate of drug-likeness (QED) is 0.483. The molecule has 1 aromatic carbocycles. The molecule has 4 heterocycles. The maximum absolute atomic E-state index is 11.5. The maximum Gasteiger partial charge on any atom is 0.303 e. The fraction of sp³-hybridized carbons (Fsp3) is 0.375. The number of anilines is 1. The first-order valence-electron chi connectivity index (χ1n) is 11.2. The average molecular weight is 467 g/mol. The van der Waals surface area contributed by atoms with Crippen LogP contribution in [0.15, 0.2) is 40.9 Å². The number of carboxylic acid groups (broad SMARTS) is 1.